The third-order valence-electron chi connectivity index (χ3n) is 4.54. The summed E-state index contributed by atoms with van der Waals surface area (Å²) >= 11 is 1.69. The van der Waals surface area contributed by atoms with Gasteiger partial charge in [0.15, 0.2) is 0 Å². The van der Waals surface area contributed by atoms with Crippen molar-refractivity contribution in [3.05, 3.63) is 58.3 Å². The zero-order valence-corrected chi connectivity index (χ0v) is 13.4. The molecule has 2 aliphatic heterocycles. The van der Waals surface area contributed by atoms with Gasteiger partial charge in [0.2, 0.25) is 0 Å². The fourth-order valence-electron chi connectivity index (χ4n) is 3.31. The van der Waals surface area contributed by atoms with Crippen LogP contribution in [0.25, 0.3) is 0 Å². The molecule has 2 saturated heterocycles. The van der Waals surface area contributed by atoms with E-state index in [9.17, 15) is 4.79 Å². The first-order valence-corrected chi connectivity index (χ1v) is 8.54. The molecule has 0 radical (unpaired) electrons. The van der Waals surface area contributed by atoms with Crippen LogP contribution in [0, 0.1) is 5.92 Å². The Kier molecular flexibility index (Phi) is 3.80. The second-order valence-corrected chi connectivity index (χ2v) is 6.93. The lowest BCUT2D eigenvalue weighted by atomic mass is 9.88. The van der Waals surface area contributed by atoms with Gasteiger partial charge in [-0.15, -0.1) is 11.3 Å². The average Bonchev–Trinajstić information content (AvgIpc) is 3.28. The average molecular weight is 330 g/mol. The standard InChI is InChI=1S/C17H18N2O3S/c20-16(21-10-13-5-2-1-3-6-13)19-9-14-11-22-18-17(14,12-19)15-7-4-8-23-15/h1-8,14,18H,9-12H2/t14-,17-/m1/s1. The molecule has 2 fully saturated rings. The molecule has 2 aromatic rings. The van der Waals surface area contributed by atoms with E-state index in [-0.39, 0.29) is 17.6 Å². The maximum Gasteiger partial charge on any atom is 0.410 e. The van der Waals surface area contributed by atoms with Crippen molar-refractivity contribution >= 4 is 17.4 Å². The number of thiophene rings is 1. The number of ether oxygens (including phenoxy) is 1. The molecule has 1 N–H and O–H groups in total. The van der Waals surface area contributed by atoms with Crippen LogP contribution in [0.15, 0.2) is 47.8 Å². The van der Waals surface area contributed by atoms with E-state index >= 15 is 0 Å². The van der Waals surface area contributed by atoms with Crippen molar-refractivity contribution in [2.24, 2.45) is 5.92 Å². The topological polar surface area (TPSA) is 50.8 Å². The van der Waals surface area contributed by atoms with Crippen LogP contribution >= 0.6 is 11.3 Å². The molecular weight excluding hydrogens is 312 g/mol. The van der Waals surface area contributed by atoms with Crippen molar-refractivity contribution in [3.8, 4) is 0 Å². The van der Waals surface area contributed by atoms with Gasteiger partial charge in [0.1, 0.15) is 12.1 Å². The lowest BCUT2D eigenvalue weighted by molar-refractivity contribution is 0.0434. The van der Waals surface area contributed by atoms with Crippen LogP contribution in [0.3, 0.4) is 0 Å². The molecule has 2 atom stereocenters. The monoisotopic (exact) mass is 330 g/mol. The Labute approximate surface area is 138 Å². The molecule has 4 rings (SSSR count). The van der Waals surface area contributed by atoms with E-state index < -0.39 is 0 Å². The molecule has 0 saturated carbocycles. The summed E-state index contributed by atoms with van der Waals surface area (Å²) in [7, 11) is 0. The van der Waals surface area contributed by atoms with Gasteiger partial charge < -0.3 is 14.5 Å². The molecule has 6 heteroatoms. The van der Waals surface area contributed by atoms with Gasteiger partial charge in [0, 0.05) is 23.9 Å². The Morgan fingerprint density at radius 3 is 3.00 bits per heavy atom. The SMILES string of the molecule is O=C(OCc1ccccc1)N1C[C@@H]2CON[C@]2(c2cccs2)C1. The van der Waals surface area contributed by atoms with Gasteiger partial charge in [-0.1, -0.05) is 36.4 Å². The lowest BCUT2D eigenvalue weighted by Gasteiger charge is -2.26. The zero-order valence-electron chi connectivity index (χ0n) is 12.6. The first-order valence-electron chi connectivity index (χ1n) is 7.66. The van der Waals surface area contributed by atoms with E-state index in [0.29, 0.717) is 26.3 Å². The number of fused-ring (bicyclic) bond motifs is 1. The molecule has 23 heavy (non-hydrogen) atoms. The maximum atomic E-state index is 12.4. The summed E-state index contributed by atoms with van der Waals surface area (Å²) in [6.07, 6.45) is -0.263. The van der Waals surface area contributed by atoms with E-state index in [2.05, 4.69) is 16.9 Å². The Hall–Kier alpha value is -1.89. The van der Waals surface area contributed by atoms with Crippen LogP contribution in [0.2, 0.25) is 0 Å². The van der Waals surface area contributed by atoms with Crippen LogP contribution in [0.5, 0.6) is 0 Å². The Morgan fingerprint density at radius 2 is 2.22 bits per heavy atom. The minimum Gasteiger partial charge on any atom is -0.445 e. The van der Waals surface area contributed by atoms with Crippen LogP contribution in [-0.4, -0.2) is 30.7 Å². The van der Waals surface area contributed by atoms with Crippen LogP contribution in [0.4, 0.5) is 4.79 Å². The number of likely N-dealkylation sites (tertiary alicyclic amines) is 1. The third kappa shape index (κ3) is 2.63. The van der Waals surface area contributed by atoms with Gasteiger partial charge in [0.05, 0.1) is 6.61 Å². The molecule has 0 aliphatic carbocycles. The van der Waals surface area contributed by atoms with Gasteiger partial charge >= 0.3 is 6.09 Å². The second-order valence-electron chi connectivity index (χ2n) is 5.98. The molecule has 0 bridgehead atoms. The highest BCUT2D eigenvalue weighted by atomic mass is 32.1. The van der Waals surface area contributed by atoms with Crippen molar-refractivity contribution in [2.75, 3.05) is 19.7 Å². The predicted octanol–water partition coefficient (Wildman–Crippen LogP) is 2.75. The Morgan fingerprint density at radius 1 is 1.35 bits per heavy atom. The smallest absolute Gasteiger partial charge is 0.410 e. The van der Waals surface area contributed by atoms with E-state index in [1.54, 1.807) is 16.2 Å². The molecule has 0 unspecified atom stereocenters. The second kappa shape index (κ2) is 5.96. The highest BCUT2D eigenvalue weighted by molar-refractivity contribution is 7.10. The van der Waals surface area contributed by atoms with Gasteiger partial charge in [-0.25, -0.2) is 4.79 Å². The van der Waals surface area contributed by atoms with Crippen LogP contribution < -0.4 is 5.48 Å². The van der Waals surface area contributed by atoms with E-state index in [1.165, 1.54) is 4.88 Å². The van der Waals surface area contributed by atoms with Gasteiger partial charge in [-0.05, 0) is 17.0 Å². The number of hydrogen-bond acceptors (Lipinski definition) is 5. The molecular formula is C17H18N2O3S. The van der Waals surface area contributed by atoms with Gasteiger partial charge in [-0.2, -0.15) is 5.48 Å². The Balaban J connectivity index is 1.44. The highest BCUT2D eigenvalue weighted by Crippen LogP contribution is 2.42. The number of rotatable bonds is 3. The maximum absolute atomic E-state index is 12.4. The fraction of sp³-hybridized carbons (Fsp3) is 0.353. The number of hydroxylamine groups is 1. The summed E-state index contributed by atoms with van der Waals surface area (Å²) in [6, 6.07) is 13.9. The minimum absolute atomic E-state index is 0.255. The summed E-state index contributed by atoms with van der Waals surface area (Å²) in [6.45, 7) is 2.14. The number of nitrogens with one attached hydrogen (secondary N) is 1. The number of amides is 1. The van der Waals surface area contributed by atoms with Crippen molar-refractivity contribution in [2.45, 2.75) is 12.1 Å². The van der Waals surface area contributed by atoms with Gasteiger partial charge in [-0.3, -0.25) is 0 Å². The van der Waals surface area contributed by atoms with Crippen LogP contribution in [-0.2, 0) is 21.7 Å². The van der Waals surface area contributed by atoms with Crippen molar-refractivity contribution in [3.63, 3.8) is 0 Å². The van der Waals surface area contributed by atoms with E-state index in [1.807, 2.05) is 36.4 Å². The number of nitrogens with zero attached hydrogens (tertiary/aromatic N) is 1. The number of carbonyl (C=O) groups excluding carboxylic acids is 1. The Bertz CT molecular complexity index is 676. The predicted molar refractivity (Wildman–Crippen MR) is 86.8 cm³/mol. The minimum atomic E-state index is -0.292. The number of carbonyl (C=O) groups is 1. The molecule has 1 amide bonds. The lowest BCUT2D eigenvalue weighted by Crippen LogP contribution is -2.43. The summed E-state index contributed by atoms with van der Waals surface area (Å²) in [5.74, 6) is 0.255. The molecule has 2 aliphatic rings. The fourth-order valence-corrected chi connectivity index (χ4v) is 4.25. The molecule has 5 nitrogen and oxygen atoms in total. The number of benzene rings is 1. The summed E-state index contributed by atoms with van der Waals surface area (Å²) in [5, 5.41) is 2.05. The number of hydrogen-bond donors (Lipinski definition) is 1. The first kappa shape index (κ1) is 14.7. The summed E-state index contributed by atoms with van der Waals surface area (Å²) in [5.41, 5.74) is 3.86. The highest BCUT2D eigenvalue weighted by Gasteiger charge is 2.54. The normalized spacial score (nSPS) is 26.3. The summed E-state index contributed by atoms with van der Waals surface area (Å²) < 4.78 is 5.46. The molecule has 0 spiro atoms. The largest absolute Gasteiger partial charge is 0.445 e. The van der Waals surface area contributed by atoms with Crippen molar-refractivity contribution < 1.29 is 14.4 Å². The summed E-state index contributed by atoms with van der Waals surface area (Å²) in [4.78, 5) is 20.9. The van der Waals surface area contributed by atoms with Crippen LogP contribution in [0.1, 0.15) is 10.4 Å². The third-order valence-corrected chi connectivity index (χ3v) is 5.59. The van der Waals surface area contributed by atoms with Gasteiger partial charge in [0.25, 0.3) is 0 Å². The molecule has 3 heterocycles. The molecule has 1 aromatic carbocycles. The molecule has 1 aromatic heterocycles. The van der Waals surface area contributed by atoms with E-state index in [0.717, 1.165) is 5.56 Å². The quantitative estimate of drug-likeness (QED) is 0.940. The molecule has 120 valence electrons. The zero-order chi connectivity index (χ0) is 15.7. The first-order chi connectivity index (χ1) is 11.3. The van der Waals surface area contributed by atoms with Crippen molar-refractivity contribution in [1.29, 1.82) is 0 Å². The van der Waals surface area contributed by atoms with E-state index in [4.69, 9.17) is 9.57 Å². The van der Waals surface area contributed by atoms with Crippen molar-refractivity contribution in [1.82, 2.24) is 10.4 Å².